The van der Waals surface area contributed by atoms with Crippen LogP contribution in [0.15, 0.2) is 85.3 Å². The summed E-state index contributed by atoms with van der Waals surface area (Å²) in [4.78, 5) is 22.9. The Kier molecular flexibility index (Phi) is 9.54. The summed E-state index contributed by atoms with van der Waals surface area (Å²) >= 11 is 0. The first-order chi connectivity index (χ1) is 15.8. The van der Waals surface area contributed by atoms with Gasteiger partial charge in [-0.15, -0.1) is 0 Å². The average molecular weight is 451 g/mol. The Hall–Kier alpha value is -3.74. The van der Waals surface area contributed by atoms with Crippen molar-refractivity contribution < 1.29 is 14.3 Å². The third kappa shape index (κ3) is 8.37. The molecule has 0 heterocycles. The summed E-state index contributed by atoms with van der Waals surface area (Å²) < 4.78 is 5.45. The molecule has 0 radical (unpaired) electrons. The first-order valence-corrected chi connectivity index (χ1v) is 11.0. The van der Waals surface area contributed by atoms with Crippen molar-refractivity contribution in [3.8, 4) is 0 Å². The van der Waals surface area contributed by atoms with Crippen molar-refractivity contribution in [2.75, 3.05) is 0 Å². The standard InChI is InChI=1S/C26H34N4O3/c1-25(29-23(27)31,21-13-5-3-6-14-21)17-9-11-19-33-20-12-10-18-26(2,30-24(28)32)22-15-7-4-8-16-22/h3-8,11-16,19-20H,9-10,17-18H2,1-2H3,(H3,27,29,31)(H3,28,30,32). The number of nitrogens with one attached hydrogen (secondary N) is 2. The van der Waals surface area contributed by atoms with Gasteiger partial charge in [0.05, 0.1) is 23.6 Å². The maximum absolute atomic E-state index is 11.5. The number of urea groups is 2. The lowest BCUT2D eigenvalue weighted by molar-refractivity contribution is 0.232. The Morgan fingerprint density at radius 1 is 0.758 bits per heavy atom. The van der Waals surface area contributed by atoms with Gasteiger partial charge in [0.15, 0.2) is 0 Å². The Labute approximate surface area is 195 Å². The quantitative estimate of drug-likeness (QED) is 0.349. The number of carbonyl (C=O) groups is 2. The van der Waals surface area contributed by atoms with Crippen molar-refractivity contribution in [2.24, 2.45) is 11.5 Å². The van der Waals surface area contributed by atoms with Crippen molar-refractivity contribution in [2.45, 2.75) is 50.6 Å². The van der Waals surface area contributed by atoms with Crippen LogP contribution >= 0.6 is 0 Å². The molecule has 0 aromatic heterocycles. The number of benzene rings is 2. The Balaban J connectivity index is 1.83. The molecule has 0 spiro atoms. The van der Waals surface area contributed by atoms with E-state index in [0.29, 0.717) is 25.7 Å². The molecule has 0 aliphatic carbocycles. The van der Waals surface area contributed by atoms with E-state index in [4.69, 9.17) is 16.2 Å². The molecule has 0 aliphatic heterocycles. The van der Waals surface area contributed by atoms with E-state index in [1.165, 1.54) is 0 Å². The monoisotopic (exact) mass is 450 g/mol. The van der Waals surface area contributed by atoms with Gasteiger partial charge in [-0.2, -0.15) is 0 Å². The number of rotatable bonds is 12. The van der Waals surface area contributed by atoms with Crippen molar-refractivity contribution in [1.29, 1.82) is 0 Å². The zero-order chi connectivity index (χ0) is 24.2. The van der Waals surface area contributed by atoms with E-state index >= 15 is 0 Å². The molecule has 7 nitrogen and oxygen atoms in total. The van der Waals surface area contributed by atoms with Crippen LogP contribution in [0, 0.1) is 0 Å². The molecular formula is C26H34N4O3. The smallest absolute Gasteiger partial charge is 0.312 e. The van der Waals surface area contributed by atoms with Gasteiger partial charge < -0.3 is 26.8 Å². The molecule has 6 N–H and O–H groups in total. The molecule has 2 aromatic carbocycles. The summed E-state index contributed by atoms with van der Waals surface area (Å²) in [6.07, 6.45) is 9.74. The first-order valence-electron chi connectivity index (χ1n) is 11.0. The average Bonchev–Trinajstić information content (AvgIpc) is 2.78. The fraction of sp³-hybridized carbons (Fsp3) is 0.308. The minimum Gasteiger partial charge on any atom is -0.473 e. The number of amides is 4. The second-order valence-electron chi connectivity index (χ2n) is 8.33. The molecule has 2 rings (SSSR count). The highest BCUT2D eigenvalue weighted by molar-refractivity contribution is 5.73. The molecule has 4 amide bonds. The van der Waals surface area contributed by atoms with Crippen molar-refractivity contribution >= 4 is 12.1 Å². The summed E-state index contributed by atoms with van der Waals surface area (Å²) in [6, 6.07) is 18.3. The van der Waals surface area contributed by atoms with Crippen LogP contribution < -0.4 is 22.1 Å². The van der Waals surface area contributed by atoms with Crippen LogP contribution in [0.1, 0.15) is 50.7 Å². The van der Waals surface area contributed by atoms with E-state index in [9.17, 15) is 9.59 Å². The molecular weight excluding hydrogens is 416 g/mol. The molecule has 0 saturated heterocycles. The number of nitrogens with two attached hydrogens (primary N) is 2. The zero-order valence-corrected chi connectivity index (χ0v) is 19.3. The summed E-state index contributed by atoms with van der Waals surface area (Å²) in [7, 11) is 0. The van der Waals surface area contributed by atoms with Crippen molar-refractivity contribution in [3.05, 3.63) is 96.5 Å². The van der Waals surface area contributed by atoms with Gasteiger partial charge in [-0.1, -0.05) is 60.7 Å². The third-order valence-corrected chi connectivity index (χ3v) is 5.59. The van der Waals surface area contributed by atoms with Gasteiger partial charge in [0, 0.05) is 0 Å². The van der Waals surface area contributed by atoms with Gasteiger partial charge in [0.25, 0.3) is 0 Å². The molecule has 0 aliphatic rings. The van der Waals surface area contributed by atoms with Crippen molar-refractivity contribution in [3.63, 3.8) is 0 Å². The van der Waals surface area contributed by atoms with Crippen molar-refractivity contribution in [1.82, 2.24) is 10.6 Å². The minimum absolute atomic E-state index is 0.558. The lowest BCUT2D eigenvalue weighted by Gasteiger charge is -2.30. The lowest BCUT2D eigenvalue weighted by atomic mass is 9.87. The van der Waals surface area contributed by atoms with E-state index in [2.05, 4.69) is 10.6 Å². The molecule has 0 bridgehead atoms. The lowest BCUT2D eigenvalue weighted by Crippen LogP contribution is -2.46. The predicted octanol–water partition coefficient (Wildman–Crippen LogP) is 4.76. The van der Waals surface area contributed by atoms with Gasteiger partial charge in [-0.3, -0.25) is 0 Å². The van der Waals surface area contributed by atoms with Gasteiger partial charge in [-0.05, 0) is 62.8 Å². The predicted molar refractivity (Wildman–Crippen MR) is 131 cm³/mol. The number of allylic oxidation sites excluding steroid dienone is 2. The molecule has 2 atom stereocenters. The van der Waals surface area contributed by atoms with E-state index in [1.54, 1.807) is 12.5 Å². The maximum Gasteiger partial charge on any atom is 0.312 e. The summed E-state index contributed by atoms with van der Waals surface area (Å²) in [6.45, 7) is 3.90. The normalized spacial score (nSPS) is 15.0. The van der Waals surface area contributed by atoms with Crippen LogP contribution in [-0.2, 0) is 15.8 Å². The number of hydrogen-bond donors (Lipinski definition) is 4. The summed E-state index contributed by atoms with van der Waals surface area (Å²) in [5.74, 6) is 0. The number of carbonyl (C=O) groups excluding carboxylic acids is 2. The summed E-state index contributed by atoms with van der Waals surface area (Å²) in [5, 5.41) is 5.69. The number of hydrogen-bond acceptors (Lipinski definition) is 3. The zero-order valence-electron chi connectivity index (χ0n) is 19.3. The highest BCUT2D eigenvalue weighted by atomic mass is 16.5. The molecule has 0 saturated carbocycles. The third-order valence-electron chi connectivity index (χ3n) is 5.59. The molecule has 33 heavy (non-hydrogen) atoms. The van der Waals surface area contributed by atoms with Gasteiger partial charge in [0.2, 0.25) is 0 Å². The van der Waals surface area contributed by atoms with Gasteiger partial charge in [-0.25, -0.2) is 9.59 Å². The molecule has 0 fully saturated rings. The fourth-order valence-electron chi connectivity index (χ4n) is 3.75. The molecule has 2 unspecified atom stereocenters. The second-order valence-corrected chi connectivity index (χ2v) is 8.33. The highest BCUT2D eigenvalue weighted by Crippen LogP contribution is 2.27. The Bertz CT molecular complexity index is 869. The molecule has 176 valence electrons. The topological polar surface area (TPSA) is 119 Å². The Morgan fingerprint density at radius 2 is 1.12 bits per heavy atom. The van der Waals surface area contributed by atoms with E-state index in [0.717, 1.165) is 11.1 Å². The molecule has 2 aromatic rings. The summed E-state index contributed by atoms with van der Waals surface area (Å²) in [5.41, 5.74) is 11.6. The van der Waals surface area contributed by atoms with E-state index < -0.39 is 23.1 Å². The molecule has 7 heteroatoms. The maximum atomic E-state index is 11.5. The number of primary amides is 2. The van der Waals surface area contributed by atoms with Crippen LogP contribution in [0.2, 0.25) is 0 Å². The Morgan fingerprint density at radius 3 is 1.45 bits per heavy atom. The van der Waals surface area contributed by atoms with Crippen LogP contribution in [-0.4, -0.2) is 12.1 Å². The fourth-order valence-corrected chi connectivity index (χ4v) is 3.75. The van der Waals surface area contributed by atoms with Crippen LogP contribution in [0.5, 0.6) is 0 Å². The first kappa shape index (κ1) is 25.5. The van der Waals surface area contributed by atoms with Gasteiger partial charge in [0.1, 0.15) is 0 Å². The highest BCUT2D eigenvalue weighted by Gasteiger charge is 2.27. The second kappa shape index (κ2) is 12.3. The van der Waals surface area contributed by atoms with E-state index in [1.807, 2.05) is 86.7 Å². The SMILES string of the molecule is CC(CCC=COC=CCCC(C)(NC(N)=O)c1ccccc1)(NC(N)=O)c1ccccc1. The van der Waals surface area contributed by atoms with Crippen LogP contribution in [0.25, 0.3) is 0 Å². The van der Waals surface area contributed by atoms with E-state index in [-0.39, 0.29) is 0 Å². The van der Waals surface area contributed by atoms with Crippen LogP contribution in [0.4, 0.5) is 9.59 Å². The number of ether oxygens (including phenoxy) is 1. The minimum atomic E-state index is -0.567. The largest absolute Gasteiger partial charge is 0.473 e. The van der Waals surface area contributed by atoms with Crippen LogP contribution in [0.3, 0.4) is 0 Å². The van der Waals surface area contributed by atoms with Gasteiger partial charge >= 0.3 is 12.1 Å².